The number of hydrogen-bond donors (Lipinski definition) is 1. The zero-order valence-corrected chi connectivity index (χ0v) is 8.62. The minimum absolute atomic E-state index is 0.175. The summed E-state index contributed by atoms with van der Waals surface area (Å²) in [6.07, 6.45) is 5.07. The maximum Gasteiger partial charge on any atom is 0.119 e. The maximum atomic E-state index is 10.3. The monoisotopic (exact) mass is 196 g/mol. The van der Waals surface area contributed by atoms with Gasteiger partial charge in [-0.2, -0.15) is 0 Å². The highest BCUT2D eigenvalue weighted by Crippen LogP contribution is 2.36. The van der Waals surface area contributed by atoms with Crippen LogP contribution < -0.4 is 0 Å². The molecule has 1 saturated heterocycles. The summed E-state index contributed by atoms with van der Waals surface area (Å²) in [5, 5.41) is 10.3. The molecule has 0 aliphatic carbocycles. The summed E-state index contributed by atoms with van der Waals surface area (Å²) in [7, 11) is 0. The fourth-order valence-corrected chi connectivity index (χ4v) is 2.04. The molecule has 0 amide bonds. The molecule has 78 valence electrons. The van der Waals surface area contributed by atoms with E-state index in [4.69, 9.17) is 9.15 Å². The Labute approximate surface area is 83.7 Å². The van der Waals surface area contributed by atoms with E-state index in [0.717, 1.165) is 17.5 Å². The zero-order chi connectivity index (χ0) is 10.2. The van der Waals surface area contributed by atoms with E-state index in [0.29, 0.717) is 13.0 Å². The molecule has 0 saturated carbocycles. The third-order valence-electron chi connectivity index (χ3n) is 2.94. The molecule has 0 aromatic carbocycles. The van der Waals surface area contributed by atoms with Crippen molar-refractivity contribution in [3.05, 3.63) is 23.7 Å². The SMILES string of the molecule is CCC1CC(O)(c2cocc2C)CO1. The Morgan fingerprint density at radius 1 is 1.57 bits per heavy atom. The molecule has 2 heterocycles. The molecule has 3 heteroatoms. The summed E-state index contributed by atoms with van der Waals surface area (Å²) in [5.41, 5.74) is 1.03. The summed E-state index contributed by atoms with van der Waals surface area (Å²) < 4.78 is 10.6. The van der Waals surface area contributed by atoms with Crippen molar-refractivity contribution >= 4 is 0 Å². The van der Waals surface area contributed by atoms with E-state index in [1.807, 2.05) is 6.92 Å². The predicted molar refractivity (Wildman–Crippen MR) is 52.0 cm³/mol. The molecule has 1 N–H and O–H groups in total. The van der Waals surface area contributed by atoms with E-state index in [9.17, 15) is 5.11 Å². The average Bonchev–Trinajstić information content (AvgIpc) is 2.73. The largest absolute Gasteiger partial charge is 0.472 e. The van der Waals surface area contributed by atoms with Gasteiger partial charge in [-0.25, -0.2) is 0 Å². The van der Waals surface area contributed by atoms with E-state index >= 15 is 0 Å². The van der Waals surface area contributed by atoms with Crippen LogP contribution in [-0.2, 0) is 10.3 Å². The Bertz CT molecular complexity index is 318. The standard InChI is InChI=1S/C11H16O3/c1-3-9-4-11(12,7-14-9)10-6-13-5-8(10)2/h5-6,9,12H,3-4,7H2,1-2H3. The van der Waals surface area contributed by atoms with Gasteiger partial charge in [0.05, 0.1) is 25.2 Å². The number of hydrogen-bond acceptors (Lipinski definition) is 3. The molecule has 1 aliphatic rings. The molecule has 1 fully saturated rings. The van der Waals surface area contributed by atoms with Gasteiger partial charge in [0.15, 0.2) is 0 Å². The maximum absolute atomic E-state index is 10.3. The van der Waals surface area contributed by atoms with Gasteiger partial charge in [-0.05, 0) is 18.9 Å². The van der Waals surface area contributed by atoms with Crippen molar-refractivity contribution in [1.29, 1.82) is 0 Å². The van der Waals surface area contributed by atoms with Crippen molar-refractivity contribution in [3.8, 4) is 0 Å². The van der Waals surface area contributed by atoms with Crippen molar-refractivity contribution in [2.45, 2.75) is 38.4 Å². The number of rotatable bonds is 2. The molecule has 1 aromatic rings. The molecule has 2 rings (SSSR count). The Balaban J connectivity index is 2.22. The van der Waals surface area contributed by atoms with Gasteiger partial charge in [0.2, 0.25) is 0 Å². The van der Waals surface area contributed by atoms with Crippen LogP contribution in [0.1, 0.15) is 30.9 Å². The molecule has 2 unspecified atom stereocenters. The van der Waals surface area contributed by atoms with Crippen LogP contribution in [0.5, 0.6) is 0 Å². The lowest BCUT2D eigenvalue weighted by Gasteiger charge is -2.19. The lowest BCUT2D eigenvalue weighted by atomic mass is 9.90. The highest BCUT2D eigenvalue weighted by Gasteiger charge is 2.40. The van der Waals surface area contributed by atoms with E-state index in [2.05, 4.69) is 6.92 Å². The average molecular weight is 196 g/mol. The van der Waals surface area contributed by atoms with E-state index in [1.165, 1.54) is 0 Å². The molecular weight excluding hydrogens is 180 g/mol. The van der Waals surface area contributed by atoms with Gasteiger partial charge in [0, 0.05) is 12.0 Å². The van der Waals surface area contributed by atoms with Crippen LogP contribution >= 0.6 is 0 Å². The predicted octanol–water partition coefficient (Wildman–Crippen LogP) is 1.97. The van der Waals surface area contributed by atoms with Crippen LogP contribution in [0.15, 0.2) is 16.9 Å². The molecule has 1 aromatic heterocycles. The second-order valence-electron chi connectivity index (χ2n) is 4.05. The molecular formula is C11H16O3. The zero-order valence-electron chi connectivity index (χ0n) is 8.62. The molecule has 14 heavy (non-hydrogen) atoms. The smallest absolute Gasteiger partial charge is 0.119 e. The molecule has 3 nitrogen and oxygen atoms in total. The Kier molecular flexibility index (Phi) is 2.37. The van der Waals surface area contributed by atoms with Crippen LogP contribution in [0.4, 0.5) is 0 Å². The molecule has 0 radical (unpaired) electrons. The van der Waals surface area contributed by atoms with Gasteiger partial charge in [0.1, 0.15) is 5.60 Å². The van der Waals surface area contributed by atoms with Gasteiger partial charge in [-0.15, -0.1) is 0 Å². The van der Waals surface area contributed by atoms with Crippen LogP contribution in [0, 0.1) is 6.92 Å². The van der Waals surface area contributed by atoms with E-state index in [1.54, 1.807) is 12.5 Å². The fraction of sp³-hybridized carbons (Fsp3) is 0.636. The Morgan fingerprint density at radius 3 is 2.86 bits per heavy atom. The number of ether oxygens (including phenoxy) is 1. The second-order valence-corrected chi connectivity index (χ2v) is 4.05. The third kappa shape index (κ3) is 1.47. The Morgan fingerprint density at radius 2 is 2.36 bits per heavy atom. The molecule has 0 spiro atoms. The summed E-state index contributed by atoms with van der Waals surface area (Å²) in [5.74, 6) is 0. The van der Waals surface area contributed by atoms with Crippen LogP contribution in [0.25, 0.3) is 0 Å². The van der Waals surface area contributed by atoms with Gasteiger partial charge >= 0.3 is 0 Å². The first-order valence-corrected chi connectivity index (χ1v) is 5.03. The lowest BCUT2D eigenvalue weighted by Crippen LogP contribution is -2.26. The molecule has 2 atom stereocenters. The van der Waals surface area contributed by atoms with Crippen LogP contribution in [0.3, 0.4) is 0 Å². The quantitative estimate of drug-likeness (QED) is 0.786. The summed E-state index contributed by atoms with van der Waals surface area (Å²) in [6, 6.07) is 0. The van der Waals surface area contributed by atoms with Crippen molar-refractivity contribution < 1.29 is 14.3 Å². The number of aryl methyl sites for hydroxylation is 1. The highest BCUT2D eigenvalue weighted by molar-refractivity contribution is 5.27. The minimum atomic E-state index is -0.836. The molecule has 1 aliphatic heterocycles. The van der Waals surface area contributed by atoms with Crippen molar-refractivity contribution in [3.63, 3.8) is 0 Å². The van der Waals surface area contributed by atoms with Crippen molar-refractivity contribution in [2.24, 2.45) is 0 Å². The van der Waals surface area contributed by atoms with Crippen LogP contribution in [0.2, 0.25) is 0 Å². The first kappa shape index (κ1) is 9.74. The first-order valence-electron chi connectivity index (χ1n) is 5.03. The van der Waals surface area contributed by atoms with Gasteiger partial charge in [0.25, 0.3) is 0 Å². The van der Waals surface area contributed by atoms with Crippen LogP contribution in [-0.4, -0.2) is 17.8 Å². The summed E-state index contributed by atoms with van der Waals surface area (Å²) in [6.45, 7) is 4.39. The topological polar surface area (TPSA) is 42.6 Å². The van der Waals surface area contributed by atoms with Crippen molar-refractivity contribution in [2.75, 3.05) is 6.61 Å². The lowest BCUT2D eigenvalue weighted by molar-refractivity contribution is 0.0172. The normalized spacial score (nSPS) is 32.4. The minimum Gasteiger partial charge on any atom is -0.472 e. The summed E-state index contributed by atoms with van der Waals surface area (Å²) >= 11 is 0. The fourth-order valence-electron chi connectivity index (χ4n) is 2.04. The highest BCUT2D eigenvalue weighted by atomic mass is 16.5. The van der Waals surface area contributed by atoms with Gasteiger partial charge in [-0.3, -0.25) is 0 Å². The summed E-state index contributed by atoms with van der Waals surface area (Å²) in [4.78, 5) is 0. The first-order chi connectivity index (χ1) is 6.65. The third-order valence-corrected chi connectivity index (χ3v) is 2.94. The second kappa shape index (κ2) is 3.41. The Hall–Kier alpha value is -0.800. The molecule has 0 bridgehead atoms. The van der Waals surface area contributed by atoms with Crippen molar-refractivity contribution in [1.82, 2.24) is 0 Å². The number of furan rings is 1. The number of aliphatic hydroxyl groups is 1. The van der Waals surface area contributed by atoms with Gasteiger partial charge in [-0.1, -0.05) is 6.92 Å². The van der Waals surface area contributed by atoms with Gasteiger partial charge < -0.3 is 14.3 Å². The van der Waals surface area contributed by atoms with E-state index < -0.39 is 5.60 Å². The van der Waals surface area contributed by atoms with E-state index in [-0.39, 0.29) is 6.10 Å².